The second-order valence-electron chi connectivity index (χ2n) is 8.81. The first kappa shape index (κ1) is 28.5. The van der Waals surface area contributed by atoms with Crippen LogP contribution < -0.4 is 24.8 Å². The lowest BCUT2D eigenvalue weighted by Crippen LogP contribution is -2.29. The monoisotopic (exact) mass is 561 g/mol. The summed E-state index contributed by atoms with van der Waals surface area (Å²) in [6.07, 6.45) is 0. The molecule has 1 aromatic heterocycles. The van der Waals surface area contributed by atoms with E-state index in [1.165, 1.54) is 11.8 Å². The first-order chi connectivity index (χ1) is 19.4. The van der Waals surface area contributed by atoms with Crippen LogP contribution in [0.5, 0.6) is 17.2 Å². The molecule has 0 saturated carbocycles. The largest absolute Gasteiger partial charge is 0.497 e. The molecule has 3 aromatic carbocycles. The van der Waals surface area contributed by atoms with Crippen LogP contribution in [0, 0.1) is 13.8 Å². The van der Waals surface area contributed by atoms with Gasteiger partial charge in [0.05, 0.1) is 32.2 Å². The van der Waals surface area contributed by atoms with E-state index in [2.05, 4.69) is 20.8 Å². The van der Waals surface area contributed by atoms with Gasteiger partial charge < -0.3 is 24.8 Å². The summed E-state index contributed by atoms with van der Waals surface area (Å²) in [5.74, 6) is 1.77. The minimum atomic E-state index is -0.321. The Balaban J connectivity index is 1.53. The number of amides is 2. The van der Waals surface area contributed by atoms with Crippen LogP contribution in [0.15, 0.2) is 71.9 Å². The van der Waals surface area contributed by atoms with Crippen molar-refractivity contribution in [1.82, 2.24) is 20.1 Å². The van der Waals surface area contributed by atoms with E-state index in [0.717, 1.165) is 16.8 Å². The Morgan fingerprint density at radius 3 is 2.45 bits per heavy atom. The SMILES string of the molecule is COc1ccc(OC)c(-n2c(CNC(=O)COc3ccccc3)nnc2SCC(=O)Nc2cc(C)ccc2C)c1. The molecule has 0 aliphatic heterocycles. The van der Waals surface area contributed by atoms with Crippen LogP contribution in [-0.4, -0.2) is 53.2 Å². The van der Waals surface area contributed by atoms with Crippen LogP contribution in [-0.2, 0) is 16.1 Å². The summed E-state index contributed by atoms with van der Waals surface area (Å²) in [5.41, 5.74) is 3.40. The summed E-state index contributed by atoms with van der Waals surface area (Å²) < 4.78 is 18.3. The highest BCUT2D eigenvalue weighted by atomic mass is 32.2. The normalized spacial score (nSPS) is 10.6. The lowest BCUT2D eigenvalue weighted by atomic mass is 10.1. The fourth-order valence-corrected chi connectivity index (χ4v) is 4.57. The molecule has 0 bridgehead atoms. The summed E-state index contributed by atoms with van der Waals surface area (Å²) in [5, 5.41) is 14.9. The van der Waals surface area contributed by atoms with Crippen molar-refractivity contribution in [2.75, 3.05) is 31.9 Å². The molecule has 208 valence electrons. The second kappa shape index (κ2) is 13.5. The summed E-state index contributed by atoms with van der Waals surface area (Å²) in [6.45, 7) is 3.83. The minimum absolute atomic E-state index is 0.0690. The third-order valence-electron chi connectivity index (χ3n) is 5.88. The van der Waals surface area contributed by atoms with Crippen LogP contribution in [0.4, 0.5) is 5.69 Å². The Kier molecular flexibility index (Phi) is 9.63. The van der Waals surface area contributed by atoms with Gasteiger partial charge in [0.2, 0.25) is 5.91 Å². The zero-order chi connectivity index (χ0) is 28.5. The number of hydrogen-bond acceptors (Lipinski definition) is 8. The van der Waals surface area contributed by atoms with Crippen LogP contribution in [0.3, 0.4) is 0 Å². The summed E-state index contributed by atoms with van der Waals surface area (Å²) in [4.78, 5) is 25.3. The van der Waals surface area contributed by atoms with Gasteiger partial charge in [-0.15, -0.1) is 10.2 Å². The molecule has 0 radical (unpaired) electrons. The summed E-state index contributed by atoms with van der Waals surface area (Å²) in [6, 6.07) is 20.3. The van der Waals surface area contributed by atoms with Gasteiger partial charge in [0.1, 0.15) is 17.2 Å². The molecule has 2 amide bonds. The van der Waals surface area contributed by atoms with E-state index in [-0.39, 0.29) is 30.7 Å². The fourth-order valence-electron chi connectivity index (χ4n) is 3.80. The van der Waals surface area contributed by atoms with E-state index in [1.807, 2.05) is 50.2 Å². The zero-order valence-electron chi connectivity index (χ0n) is 22.8. The molecule has 1 heterocycles. The van der Waals surface area contributed by atoms with Gasteiger partial charge in [-0.05, 0) is 55.3 Å². The maximum atomic E-state index is 12.8. The highest BCUT2D eigenvalue weighted by Crippen LogP contribution is 2.32. The molecule has 10 nitrogen and oxygen atoms in total. The number of nitrogens with zero attached hydrogens (tertiary/aromatic N) is 3. The molecule has 0 fully saturated rings. The van der Waals surface area contributed by atoms with Crippen molar-refractivity contribution < 1.29 is 23.8 Å². The standard InChI is InChI=1S/C29H31N5O5S/c1-19-10-11-20(2)23(14-19)31-28(36)18-40-29-33-32-26(16-30-27(35)17-39-21-8-6-5-7-9-21)34(29)24-15-22(37-3)12-13-25(24)38-4/h5-15H,16-18H2,1-4H3,(H,30,35)(H,31,36). The molecule has 2 N–H and O–H groups in total. The summed E-state index contributed by atoms with van der Waals surface area (Å²) >= 11 is 1.22. The number of methoxy groups -OCH3 is 2. The first-order valence-electron chi connectivity index (χ1n) is 12.5. The number of carbonyl (C=O) groups excluding carboxylic acids is 2. The lowest BCUT2D eigenvalue weighted by molar-refractivity contribution is -0.123. The van der Waals surface area contributed by atoms with Crippen molar-refractivity contribution in [2.24, 2.45) is 0 Å². The highest BCUT2D eigenvalue weighted by molar-refractivity contribution is 7.99. The molecule has 0 unspecified atom stereocenters. The molecule has 0 saturated heterocycles. The molecule has 0 aliphatic carbocycles. The molecule has 4 rings (SSSR count). The number of carbonyl (C=O) groups is 2. The van der Waals surface area contributed by atoms with E-state index in [1.54, 1.807) is 49.1 Å². The number of aryl methyl sites for hydroxylation is 2. The average Bonchev–Trinajstić information content (AvgIpc) is 3.38. The predicted molar refractivity (Wildman–Crippen MR) is 154 cm³/mol. The first-order valence-corrected chi connectivity index (χ1v) is 13.5. The van der Waals surface area contributed by atoms with E-state index in [0.29, 0.717) is 33.9 Å². The number of thioether (sulfide) groups is 1. The van der Waals surface area contributed by atoms with Gasteiger partial charge in [0, 0.05) is 11.8 Å². The quantitative estimate of drug-likeness (QED) is 0.246. The van der Waals surface area contributed by atoms with E-state index in [9.17, 15) is 9.59 Å². The van der Waals surface area contributed by atoms with Crippen LogP contribution in [0.1, 0.15) is 17.0 Å². The maximum absolute atomic E-state index is 12.8. The third kappa shape index (κ3) is 7.32. The Morgan fingerprint density at radius 1 is 0.900 bits per heavy atom. The Labute approximate surface area is 237 Å². The Hall–Kier alpha value is -4.51. The molecular formula is C29H31N5O5S. The average molecular weight is 562 g/mol. The molecule has 0 spiro atoms. The second-order valence-corrected chi connectivity index (χ2v) is 9.75. The van der Waals surface area contributed by atoms with Gasteiger partial charge in [-0.1, -0.05) is 42.1 Å². The van der Waals surface area contributed by atoms with Gasteiger partial charge in [-0.25, -0.2) is 0 Å². The lowest BCUT2D eigenvalue weighted by Gasteiger charge is -2.15. The smallest absolute Gasteiger partial charge is 0.258 e. The number of rotatable bonds is 12. The molecule has 11 heteroatoms. The van der Waals surface area contributed by atoms with Crippen molar-refractivity contribution in [1.29, 1.82) is 0 Å². The number of anilines is 1. The third-order valence-corrected chi connectivity index (χ3v) is 6.81. The van der Waals surface area contributed by atoms with Crippen molar-refractivity contribution >= 4 is 29.3 Å². The Morgan fingerprint density at radius 2 is 1.70 bits per heavy atom. The molecule has 4 aromatic rings. The van der Waals surface area contributed by atoms with Crippen molar-refractivity contribution in [3.05, 3.63) is 83.7 Å². The molecule has 40 heavy (non-hydrogen) atoms. The van der Waals surface area contributed by atoms with Crippen molar-refractivity contribution in [3.8, 4) is 22.9 Å². The van der Waals surface area contributed by atoms with Gasteiger partial charge in [0.25, 0.3) is 5.91 Å². The van der Waals surface area contributed by atoms with Gasteiger partial charge in [-0.2, -0.15) is 0 Å². The topological polar surface area (TPSA) is 117 Å². The van der Waals surface area contributed by atoms with Gasteiger partial charge in [0.15, 0.2) is 17.6 Å². The summed E-state index contributed by atoms with van der Waals surface area (Å²) in [7, 11) is 3.13. The van der Waals surface area contributed by atoms with E-state index in [4.69, 9.17) is 14.2 Å². The van der Waals surface area contributed by atoms with Gasteiger partial charge in [-0.3, -0.25) is 14.2 Å². The molecule has 0 atom stereocenters. The zero-order valence-corrected chi connectivity index (χ0v) is 23.6. The van der Waals surface area contributed by atoms with Gasteiger partial charge >= 0.3 is 0 Å². The highest BCUT2D eigenvalue weighted by Gasteiger charge is 2.20. The predicted octanol–water partition coefficient (Wildman–Crippen LogP) is 4.33. The van der Waals surface area contributed by atoms with E-state index < -0.39 is 0 Å². The van der Waals surface area contributed by atoms with Crippen LogP contribution in [0.2, 0.25) is 0 Å². The number of para-hydroxylation sites is 1. The number of ether oxygens (including phenoxy) is 3. The Bertz CT molecular complexity index is 1480. The van der Waals surface area contributed by atoms with Crippen LogP contribution >= 0.6 is 11.8 Å². The molecule has 0 aliphatic rings. The van der Waals surface area contributed by atoms with Crippen molar-refractivity contribution in [3.63, 3.8) is 0 Å². The van der Waals surface area contributed by atoms with E-state index >= 15 is 0 Å². The van der Waals surface area contributed by atoms with Crippen molar-refractivity contribution in [2.45, 2.75) is 25.5 Å². The minimum Gasteiger partial charge on any atom is -0.497 e. The molecular weight excluding hydrogens is 530 g/mol. The number of nitrogens with one attached hydrogen (secondary N) is 2. The van der Waals surface area contributed by atoms with Crippen LogP contribution in [0.25, 0.3) is 5.69 Å². The fraction of sp³-hybridized carbons (Fsp3) is 0.241. The number of aromatic nitrogens is 3. The maximum Gasteiger partial charge on any atom is 0.258 e. The number of benzene rings is 3. The number of hydrogen-bond donors (Lipinski definition) is 2.